The first-order valence-electron chi connectivity index (χ1n) is 7.71. The molecule has 0 spiro atoms. The molecule has 0 heterocycles. The van der Waals surface area contributed by atoms with Gasteiger partial charge in [-0.2, -0.15) is 0 Å². The average molecular weight is 308 g/mol. The average Bonchev–Trinajstić information content (AvgIpc) is 2.48. The summed E-state index contributed by atoms with van der Waals surface area (Å²) >= 11 is 6.20. The van der Waals surface area contributed by atoms with E-state index in [1.54, 1.807) is 12.1 Å². The standard InChI is InChI=1S/C17H22ClNO2/c1-2-14(20)11-12-7-6-10-15(18)16(12)17(21)19-13-8-4-3-5-9-13/h6-7,10,13H,2-5,8-9,11H2,1H3,(H,19,21). The summed E-state index contributed by atoms with van der Waals surface area (Å²) in [5, 5.41) is 3.49. The molecule has 0 aromatic heterocycles. The number of amides is 1. The second kappa shape index (κ2) is 7.60. The number of hydrogen-bond donors (Lipinski definition) is 1. The highest BCUT2D eigenvalue weighted by atomic mass is 35.5. The normalized spacial score (nSPS) is 15.7. The van der Waals surface area contributed by atoms with Crippen molar-refractivity contribution in [3.05, 3.63) is 34.3 Å². The van der Waals surface area contributed by atoms with Gasteiger partial charge in [0.25, 0.3) is 5.91 Å². The molecule has 1 aromatic rings. The molecule has 0 unspecified atom stereocenters. The highest BCUT2D eigenvalue weighted by molar-refractivity contribution is 6.34. The molecule has 1 aliphatic rings. The summed E-state index contributed by atoms with van der Waals surface area (Å²) in [6.45, 7) is 1.83. The molecule has 0 atom stereocenters. The fraction of sp³-hybridized carbons (Fsp3) is 0.529. The van der Waals surface area contributed by atoms with Crippen molar-refractivity contribution in [2.75, 3.05) is 0 Å². The van der Waals surface area contributed by atoms with E-state index >= 15 is 0 Å². The lowest BCUT2D eigenvalue weighted by Gasteiger charge is -2.23. The van der Waals surface area contributed by atoms with Crippen LogP contribution in [0.2, 0.25) is 5.02 Å². The molecule has 4 heteroatoms. The summed E-state index contributed by atoms with van der Waals surface area (Å²) in [6, 6.07) is 5.54. The predicted octanol–water partition coefficient (Wildman–Crippen LogP) is 3.92. The van der Waals surface area contributed by atoms with Gasteiger partial charge in [0, 0.05) is 18.9 Å². The van der Waals surface area contributed by atoms with E-state index in [-0.39, 0.29) is 24.2 Å². The van der Waals surface area contributed by atoms with E-state index in [1.807, 2.05) is 13.0 Å². The lowest BCUT2D eigenvalue weighted by molar-refractivity contribution is -0.118. The van der Waals surface area contributed by atoms with Gasteiger partial charge in [0.05, 0.1) is 10.6 Å². The van der Waals surface area contributed by atoms with Gasteiger partial charge in [-0.3, -0.25) is 9.59 Å². The molecule has 1 N–H and O–H groups in total. The van der Waals surface area contributed by atoms with Crippen LogP contribution in [0.3, 0.4) is 0 Å². The first-order chi connectivity index (χ1) is 10.1. The van der Waals surface area contributed by atoms with Crippen molar-refractivity contribution in [2.45, 2.75) is 57.9 Å². The molecule has 1 fully saturated rings. The Morgan fingerprint density at radius 1 is 1.24 bits per heavy atom. The van der Waals surface area contributed by atoms with Crippen molar-refractivity contribution >= 4 is 23.3 Å². The van der Waals surface area contributed by atoms with E-state index in [9.17, 15) is 9.59 Å². The quantitative estimate of drug-likeness (QED) is 0.896. The number of nitrogens with one attached hydrogen (secondary N) is 1. The first-order valence-corrected chi connectivity index (χ1v) is 8.09. The smallest absolute Gasteiger partial charge is 0.253 e. The topological polar surface area (TPSA) is 46.2 Å². The Bertz CT molecular complexity index is 522. The Morgan fingerprint density at radius 2 is 1.95 bits per heavy atom. The summed E-state index contributed by atoms with van der Waals surface area (Å²) in [7, 11) is 0. The summed E-state index contributed by atoms with van der Waals surface area (Å²) in [6.07, 6.45) is 6.36. The lowest BCUT2D eigenvalue weighted by atomic mass is 9.94. The summed E-state index contributed by atoms with van der Waals surface area (Å²) in [5.41, 5.74) is 1.19. The van der Waals surface area contributed by atoms with Gasteiger partial charge < -0.3 is 5.32 Å². The Kier molecular flexibility index (Phi) is 5.80. The number of hydrogen-bond acceptors (Lipinski definition) is 2. The van der Waals surface area contributed by atoms with Crippen LogP contribution in [0.1, 0.15) is 61.4 Å². The van der Waals surface area contributed by atoms with Gasteiger partial charge in [-0.05, 0) is 24.5 Å². The number of rotatable bonds is 5. The van der Waals surface area contributed by atoms with E-state index in [2.05, 4.69) is 5.32 Å². The monoisotopic (exact) mass is 307 g/mol. The zero-order valence-electron chi connectivity index (χ0n) is 12.5. The van der Waals surface area contributed by atoms with Gasteiger partial charge in [0.1, 0.15) is 5.78 Å². The maximum atomic E-state index is 12.5. The van der Waals surface area contributed by atoms with Crippen LogP contribution < -0.4 is 5.32 Å². The van der Waals surface area contributed by atoms with E-state index in [1.165, 1.54) is 6.42 Å². The van der Waals surface area contributed by atoms with E-state index in [0.29, 0.717) is 17.0 Å². The Labute approximate surface area is 131 Å². The van der Waals surface area contributed by atoms with Crippen LogP contribution in [0.25, 0.3) is 0 Å². The van der Waals surface area contributed by atoms with Crippen LogP contribution in [0, 0.1) is 0 Å². The molecule has 0 radical (unpaired) electrons. The Balaban J connectivity index is 2.16. The van der Waals surface area contributed by atoms with E-state index in [0.717, 1.165) is 31.2 Å². The van der Waals surface area contributed by atoms with Crippen LogP contribution in [0.4, 0.5) is 0 Å². The zero-order valence-corrected chi connectivity index (χ0v) is 13.2. The van der Waals surface area contributed by atoms with Crippen LogP contribution >= 0.6 is 11.6 Å². The summed E-state index contributed by atoms with van der Waals surface area (Å²) in [4.78, 5) is 24.2. The maximum Gasteiger partial charge on any atom is 0.253 e. The maximum absolute atomic E-state index is 12.5. The molecule has 1 saturated carbocycles. The number of Topliss-reactive ketones (excluding diaryl/α,β-unsaturated/α-hetero) is 1. The number of benzene rings is 1. The highest BCUT2D eigenvalue weighted by Crippen LogP contribution is 2.23. The predicted molar refractivity (Wildman–Crippen MR) is 84.8 cm³/mol. The van der Waals surface area contributed by atoms with Gasteiger partial charge in [0.2, 0.25) is 0 Å². The molecule has 1 aromatic carbocycles. The molecule has 1 amide bonds. The second-order valence-corrected chi connectivity index (χ2v) is 6.06. The van der Waals surface area contributed by atoms with Crippen molar-refractivity contribution in [3.8, 4) is 0 Å². The number of carbonyl (C=O) groups excluding carboxylic acids is 2. The van der Waals surface area contributed by atoms with Crippen LogP contribution in [0.15, 0.2) is 18.2 Å². The molecule has 2 rings (SSSR count). The highest BCUT2D eigenvalue weighted by Gasteiger charge is 2.21. The molecular formula is C17H22ClNO2. The minimum atomic E-state index is -0.147. The van der Waals surface area contributed by atoms with E-state index < -0.39 is 0 Å². The third-order valence-electron chi connectivity index (χ3n) is 4.05. The van der Waals surface area contributed by atoms with Crippen molar-refractivity contribution in [3.63, 3.8) is 0 Å². The zero-order chi connectivity index (χ0) is 15.2. The molecule has 1 aliphatic carbocycles. The molecule has 0 bridgehead atoms. The van der Waals surface area contributed by atoms with Gasteiger partial charge in [0.15, 0.2) is 0 Å². The molecule has 0 saturated heterocycles. The van der Waals surface area contributed by atoms with Crippen LogP contribution in [0.5, 0.6) is 0 Å². The van der Waals surface area contributed by atoms with E-state index in [4.69, 9.17) is 11.6 Å². The minimum absolute atomic E-state index is 0.115. The van der Waals surface area contributed by atoms with Crippen LogP contribution in [-0.4, -0.2) is 17.7 Å². The lowest BCUT2D eigenvalue weighted by Crippen LogP contribution is -2.36. The largest absolute Gasteiger partial charge is 0.349 e. The molecular weight excluding hydrogens is 286 g/mol. The van der Waals surface area contributed by atoms with Crippen molar-refractivity contribution < 1.29 is 9.59 Å². The Morgan fingerprint density at radius 3 is 2.62 bits per heavy atom. The van der Waals surface area contributed by atoms with Gasteiger partial charge in [-0.15, -0.1) is 0 Å². The number of ketones is 1. The third kappa shape index (κ3) is 4.31. The number of halogens is 1. The fourth-order valence-corrected chi connectivity index (χ4v) is 3.09. The van der Waals surface area contributed by atoms with Gasteiger partial charge >= 0.3 is 0 Å². The van der Waals surface area contributed by atoms with Crippen molar-refractivity contribution in [2.24, 2.45) is 0 Å². The summed E-state index contributed by atoms with van der Waals surface area (Å²) in [5.74, 6) is -0.0320. The van der Waals surface area contributed by atoms with Crippen molar-refractivity contribution in [1.82, 2.24) is 5.32 Å². The number of carbonyl (C=O) groups is 2. The fourth-order valence-electron chi connectivity index (χ4n) is 2.81. The SMILES string of the molecule is CCC(=O)Cc1cccc(Cl)c1C(=O)NC1CCCCC1. The Hall–Kier alpha value is -1.35. The minimum Gasteiger partial charge on any atom is -0.349 e. The molecule has 114 valence electrons. The van der Waals surface area contributed by atoms with Gasteiger partial charge in [-0.25, -0.2) is 0 Å². The second-order valence-electron chi connectivity index (χ2n) is 5.65. The van der Waals surface area contributed by atoms with Crippen molar-refractivity contribution in [1.29, 1.82) is 0 Å². The molecule has 3 nitrogen and oxygen atoms in total. The summed E-state index contributed by atoms with van der Waals surface area (Å²) < 4.78 is 0. The van der Waals surface area contributed by atoms with Gasteiger partial charge in [-0.1, -0.05) is 49.9 Å². The first kappa shape index (κ1) is 16.0. The third-order valence-corrected chi connectivity index (χ3v) is 4.36. The molecule has 21 heavy (non-hydrogen) atoms. The van der Waals surface area contributed by atoms with Crippen LogP contribution in [-0.2, 0) is 11.2 Å². The molecule has 0 aliphatic heterocycles.